The van der Waals surface area contributed by atoms with Gasteiger partial charge in [-0.3, -0.25) is 0 Å². The Morgan fingerprint density at radius 3 is 2.21 bits per heavy atom. The van der Waals surface area contributed by atoms with Crippen molar-refractivity contribution in [1.29, 1.82) is 0 Å². The molecule has 0 amide bonds. The molecule has 6 atom stereocenters. The second-order valence-electron chi connectivity index (χ2n) is 6.26. The Balaban J connectivity index is 1.58. The third-order valence-corrected chi connectivity index (χ3v) is 5.19. The summed E-state index contributed by atoms with van der Waals surface area (Å²) in [6, 6.07) is 0. The van der Waals surface area contributed by atoms with Crippen LogP contribution in [-0.2, 0) is 4.74 Å². The summed E-state index contributed by atoms with van der Waals surface area (Å²) >= 11 is 0. The van der Waals surface area contributed by atoms with Crippen molar-refractivity contribution in [2.24, 2.45) is 17.8 Å². The molecule has 3 heteroatoms. The smallest absolute Gasteiger partial charge is 0.112 e. The van der Waals surface area contributed by atoms with Crippen LogP contribution < -0.4 is 0 Å². The molecule has 19 heavy (non-hydrogen) atoms. The molecule has 0 aromatic heterocycles. The third-order valence-electron chi connectivity index (χ3n) is 5.19. The number of hydrogen-bond donors (Lipinski definition) is 2. The van der Waals surface area contributed by atoms with Crippen LogP contribution in [-0.4, -0.2) is 34.6 Å². The molecule has 0 spiro atoms. The lowest BCUT2D eigenvalue weighted by molar-refractivity contribution is -0.0382. The molecule has 3 aliphatic rings. The normalized spacial score (nSPS) is 47.1. The van der Waals surface area contributed by atoms with E-state index in [4.69, 9.17) is 4.74 Å². The predicted octanol–water partition coefficient (Wildman–Crippen LogP) is 2.04. The maximum Gasteiger partial charge on any atom is 0.112 e. The average Bonchev–Trinajstić information content (AvgIpc) is 2.55. The van der Waals surface area contributed by atoms with E-state index in [9.17, 15) is 10.2 Å². The van der Waals surface area contributed by atoms with Gasteiger partial charge in [-0.25, -0.2) is 0 Å². The molecule has 0 aromatic carbocycles. The van der Waals surface area contributed by atoms with E-state index >= 15 is 0 Å². The fourth-order valence-electron chi connectivity index (χ4n) is 3.38. The molecule has 6 unspecified atom stereocenters. The first-order chi connectivity index (χ1) is 9.20. The summed E-state index contributed by atoms with van der Waals surface area (Å²) in [5.41, 5.74) is 0. The van der Waals surface area contributed by atoms with E-state index in [2.05, 4.69) is 12.7 Å². The number of ether oxygens (including phenoxy) is 1. The Morgan fingerprint density at radius 1 is 0.947 bits per heavy atom. The minimum atomic E-state index is -0.774. The Morgan fingerprint density at radius 2 is 1.68 bits per heavy atom. The fourth-order valence-corrected chi connectivity index (χ4v) is 3.38. The monoisotopic (exact) mass is 264 g/mol. The van der Waals surface area contributed by atoms with Crippen LogP contribution in [0.2, 0.25) is 0 Å². The lowest BCUT2D eigenvalue weighted by atomic mass is 9.73. The van der Waals surface area contributed by atoms with Crippen LogP contribution in [0.5, 0.6) is 0 Å². The van der Waals surface area contributed by atoms with Gasteiger partial charge in [-0.15, -0.1) is 6.58 Å². The zero-order valence-electron chi connectivity index (χ0n) is 11.3. The molecule has 2 saturated carbocycles. The van der Waals surface area contributed by atoms with Crippen molar-refractivity contribution in [2.45, 2.75) is 56.5 Å². The third kappa shape index (κ3) is 2.39. The number of allylic oxidation sites excluding steroid dienone is 2. The van der Waals surface area contributed by atoms with Crippen molar-refractivity contribution in [1.82, 2.24) is 0 Å². The number of aliphatic hydroxyl groups is 2. The number of aliphatic hydroxyl groups excluding tert-OH is 2. The van der Waals surface area contributed by atoms with Crippen LogP contribution in [0.15, 0.2) is 24.8 Å². The van der Waals surface area contributed by atoms with Gasteiger partial charge in [-0.05, 0) is 43.4 Å². The van der Waals surface area contributed by atoms with Gasteiger partial charge in [0.05, 0.1) is 6.10 Å². The van der Waals surface area contributed by atoms with Crippen molar-refractivity contribution in [2.75, 3.05) is 0 Å². The quantitative estimate of drug-likeness (QED) is 0.764. The molecule has 1 aliphatic heterocycles. The highest BCUT2D eigenvalue weighted by molar-refractivity contribution is 5.09. The highest BCUT2D eigenvalue weighted by Gasteiger charge is 2.46. The van der Waals surface area contributed by atoms with Crippen molar-refractivity contribution in [3.63, 3.8) is 0 Å². The molecule has 1 heterocycles. The van der Waals surface area contributed by atoms with Gasteiger partial charge in [0.15, 0.2) is 0 Å². The zero-order chi connectivity index (χ0) is 13.4. The highest BCUT2D eigenvalue weighted by atomic mass is 16.5. The lowest BCUT2D eigenvalue weighted by Gasteiger charge is -2.32. The summed E-state index contributed by atoms with van der Waals surface area (Å²) in [7, 11) is 0. The van der Waals surface area contributed by atoms with Crippen molar-refractivity contribution >= 4 is 0 Å². The van der Waals surface area contributed by atoms with Crippen molar-refractivity contribution in [3.8, 4) is 0 Å². The molecule has 3 rings (SSSR count). The minimum Gasteiger partial charge on any atom is -0.388 e. The standard InChI is InChI=1S/C16H24O3/c1-2-10-6-7-11(10)8-9-13-14(17)15(18)16(19-13)12-4-3-5-12/h2,8-18H,1,3-7H2/b9-8+. The topological polar surface area (TPSA) is 49.7 Å². The molecule has 3 nitrogen and oxygen atoms in total. The Bertz CT molecular complexity index is 361. The first-order valence-corrected chi connectivity index (χ1v) is 7.53. The van der Waals surface area contributed by atoms with Crippen LogP contribution in [0.1, 0.15) is 32.1 Å². The summed E-state index contributed by atoms with van der Waals surface area (Å²) in [6.45, 7) is 3.84. The maximum atomic E-state index is 10.1. The molecule has 2 aliphatic carbocycles. The largest absolute Gasteiger partial charge is 0.388 e. The van der Waals surface area contributed by atoms with E-state index in [0.717, 1.165) is 12.8 Å². The summed E-state index contributed by atoms with van der Waals surface area (Å²) in [6.07, 6.45) is 9.94. The molecular weight excluding hydrogens is 240 g/mol. The van der Waals surface area contributed by atoms with Crippen LogP contribution in [0.25, 0.3) is 0 Å². The van der Waals surface area contributed by atoms with E-state index in [1.165, 1.54) is 19.3 Å². The molecule has 0 aromatic rings. The molecular formula is C16H24O3. The van der Waals surface area contributed by atoms with Gasteiger partial charge in [0.2, 0.25) is 0 Å². The van der Waals surface area contributed by atoms with E-state index in [0.29, 0.717) is 17.8 Å². The van der Waals surface area contributed by atoms with Gasteiger partial charge in [0, 0.05) is 0 Å². The number of rotatable bonds is 4. The van der Waals surface area contributed by atoms with E-state index in [-0.39, 0.29) is 12.2 Å². The van der Waals surface area contributed by atoms with Crippen LogP contribution >= 0.6 is 0 Å². The highest BCUT2D eigenvalue weighted by Crippen LogP contribution is 2.39. The average molecular weight is 264 g/mol. The Kier molecular flexibility index (Phi) is 3.79. The molecule has 3 fully saturated rings. The summed E-state index contributed by atoms with van der Waals surface area (Å²) in [5, 5.41) is 20.1. The summed E-state index contributed by atoms with van der Waals surface area (Å²) in [5.74, 6) is 1.54. The first kappa shape index (κ1) is 13.3. The number of hydrogen-bond acceptors (Lipinski definition) is 3. The SMILES string of the molecule is C=CC1CCC1/C=C/C1OC(C2CCC2)C(O)C1O. The van der Waals surface area contributed by atoms with Crippen molar-refractivity contribution < 1.29 is 14.9 Å². The lowest BCUT2D eigenvalue weighted by Crippen LogP contribution is -2.38. The van der Waals surface area contributed by atoms with Crippen LogP contribution in [0, 0.1) is 17.8 Å². The van der Waals surface area contributed by atoms with Gasteiger partial charge in [0.1, 0.15) is 18.3 Å². The Hall–Kier alpha value is -0.640. The van der Waals surface area contributed by atoms with E-state index in [1.54, 1.807) is 0 Å². The molecule has 0 bridgehead atoms. The van der Waals surface area contributed by atoms with Gasteiger partial charge in [0.25, 0.3) is 0 Å². The maximum absolute atomic E-state index is 10.1. The predicted molar refractivity (Wildman–Crippen MR) is 73.6 cm³/mol. The minimum absolute atomic E-state index is 0.171. The van der Waals surface area contributed by atoms with Crippen molar-refractivity contribution in [3.05, 3.63) is 24.8 Å². The molecule has 0 radical (unpaired) electrons. The summed E-state index contributed by atoms with van der Waals surface area (Å²) in [4.78, 5) is 0. The second-order valence-corrected chi connectivity index (χ2v) is 6.26. The molecule has 106 valence electrons. The molecule has 1 saturated heterocycles. The Labute approximate surface area is 115 Å². The van der Waals surface area contributed by atoms with Gasteiger partial charge >= 0.3 is 0 Å². The second kappa shape index (κ2) is 5.39. The van der Waals surface area contributed by atoms with Gasteiger partial charge in [-0.2, -0.15) is 0 Å². The first-order valence-electron chi connectivity index (χ1n) is 7.53. The van der Waals surface area contributed by atoms with Gasteiger partial charge in [-0.1, -0.05) is 24.6 Å². The van der Waals surface area contributed by atoms with E-state index in [1.807, 2.05) is 12.2 Å². The summed E-state index contributed by atoms with van der Waals surface area (Å²) < 4.78 is 5.87. The van der Waals surface area contributed by atoms with E-state index < -0.39 is 12.2 Å². The zero-order valence-corrected chi connectivity index (χ0v) is 11.3. The molecule has 2 N–H and O–H groups in total. The van der Waals surface area contributed by atoms with Gasteiger partial charge < -0.3 is 14.9 Å². The fraction of sp³-hybridized carbons (Fsp3) is 0.750. The van der Waals surface area contributed by atoms with Crippen LogP contribution in [0.3, 0.4) is 0 Å². The van der Waals surface area contributed by atoms with Crippen LogP contribution in [0.4, 0.5) is 0 Å².